The van der Waals surface area contributed by atoms with Gasteiger partial charge in [-0.3, -0.25) is 14.7 Å². The third-order valence-corrected chi connectivity index (χ3v) is 6.80. The van der Waals surface area contributed by atoms with Crippen molar-refractivity contribution in [1.29, 1.82) is 0 Å². The van der Waals surface area contributed by atoms with Gasteiger partial charge < -0.3 is 14.8 Å². The van der Waals surface area contributed by atoms with Crippen LogP contribution in [0.5, 0.6) is 0 Å². The predicted molar refractivity (Wildman–Crippen MR) is 117 cm³/mol. The minimum Gasteiger partial charge on any atom is -0.353 e. The van der Waals surface area contributed by atoms with Gasteiger partial charge >= 0.3 is 0 Å². The van der Waals surface area contributed by atoms with Crippen LogP contribution in [-0.4, -0.2) is 52.0 Å². The topological polar surface area (TPSA) is 85.1 Å². The molecule has 7 heteroatoms. The van der Waals surface area contributed by atoms with Gasteiger partial charge in [0.05, 0.1) is 23.0 Å². The Balaban J connectivity index is 1.63. The highest BCUT2D eigenvalue weighted by atomic mass is 16.2. The number of aryl methyl sites for hydroxylation is 2. The van der Waals surface area contributed by atoms with Gasteiger partial charge in [-0.05, 0) is 61.9 Å². The molecule has 3 aromatic rings. The lowest BCUT2D eigenvalue weighted by molar-refractivity contribution is -0.128. The monoisotopic (exact) mass is 405 g/mol. The second-order valence-electron chi connectivity index (χ2n) is 9.04. The number of aromatic amines is 2. The van der Waals surface area contributed by atoms with E-state index in [1.54, 1.807) is 18.9 Å². The first-order chi connectivity index (χ1) is 14.3. The van der Waals surface area contributed by atoms with E-state index in [9.17, 15) is 9.59 Å². The molecule has 1 aromatic carbocycles. The third-order valence-electron chi connectivity index (χ3n) is 6.80. The first kappa shape index (κ1) is 18.9. The summed E-state index contributed by atoms with van der Waals surface area (Å²) in [5.74, 6) is 0.0898. The van der Waals surface area contributed by atoms with E-state index < -0.39 is 5.41 Å². The predicted octanol–water partition coefficient (Wildman–Crippen LogP) is 3.15. The molecule has 3 heterocycles. The maximum Gasteiger partial charge on any atom is 0.237 e. The van der Waals surface area contributed by atoms with Crippen molar-refractivity contribution < 1.29 is 9.59 Å². The van der Waals surface area contributed by atoms with Crippen LogP contribution in [0.4, 0.5) is 5.69 Å². The van der Waals surface area contributed by atoms with Crippen LogP contribution in [0.15, 0.2) is 18.3 Å². The SMILES string of the molecule is CC(=O)N(C)CCN1C(=O)C(C)(C)c2cc3[nH]c4c(c3cc21)CCCc1cn[nH]c1-4. The van der Waals surface area contributed by atoms with E-state index in [0.717, 1.165) is 47.4 Å². The highest BCUT2D eigenvalue weighted by Gasteiger charge is 2.44. The Kier molecular flexibility index (Phi) is 4.07. The summed E-state index contributed by atoms with van der Waals surface area (Å²) in [7, 11) is 1.77. The zero-order chi connectivity index (χ0) is 21.2. The normalized spacial score (nSPS) is 16.9. The first-order valence-corrected chi connectivity index (χ1v) is 10.5. The van der Waals surface area contributed by atoms with E-state index in [-0.39, 0.29) is 11.8 Å². The summed E-state index contributed by atoms with van der Waals surface area (Å²) < 4.78 is 0. The molecule has 156 valence electrons. The Hall–Kier alpha value is -3.09. The summed E-state index contributed by atoms with van der Waals surface area (Å²) in [6.45, 7) is 6.52. The van der Waals surface area contributed by atoms with Gasteiger partial charge in [0.25, 0.3) is 0 Å². The molecule has 30 heavy (non-hydrogen) atoms. The fraction of sp³-hybridized carbons (Fsp3) is 0.435. The number of aromatic nitrogens is 3. The van der Waals surface area contributed by atoms with Gasteiger partial charge in [0.2, 0.25) is 11.8 Å². The van der Waals surface area contributed by atoms with E-state index in [2.05, 4.69) is 27.3 Å². The van der Waals surface area contributed by atoms with Crippen molar-refractivity contribution in [3.63, 3.8) is 0 Å². The molecule has 2 amide bonds. The van der Waals surface area contributed by atoms with E-state index in [4.69, 9.17) is 0 Å². The van der Waals surface area contributed by atoms with Gasteiger partial charge in [0.15, 0.2) is 0 Å². The number of H-pyrrole nitrogens is 2. The van der Waals surface area contributed by atoms with Crippen LogP contribution in [0.2, 0.25) is 0 Å². The Morgan fingerprint density at radius 1 is 1.27 bits per heavy atom. The number of carbonyl (C=O) groups excluding carboxylic acids is 2. The molecule has 5 rings (SSSR count). The number of anilines is 1. The number of fused-ring (bicyclic) bond motifs is 6. The maximum atomic E-state index is 13.2. The molecular formula is C23H27N5O2. The molecule has 0 spiro atoms. The van der Waals surface area contributed by atoms with Gasteiger partial charge in [-0.15, -0.1) is 0 Å². The van der Waals surface area contributed by atoms with E-state index in [1.165, 1.54) is 16.5 Å². The number of hydrogen-bond donors (Lipinski definition) is 2. The molecule has 2 aromatic heterocycles. The number of carbonyl (C=O) groups is 2. The molecule has 0 atom stereocenters. The molecule has 2 N–H and O–H groups in total. The highest BCUT2D eigenvalue weighted by molar-refractivity contribution is 6.10. The Labute approximate surface area is 175 Å². The number of amides is 2. The summed E-state index contributed by atoms with van der Waals surface area (Å²) in [4.78, 5) is 32.0. The summed E-state index contributed by atoms with van der Waals surface area (Å²) in [5, 5.41) is 8.58. The second kappa shape index (κ2) is 6.45. The molecule has 0 saturated heterocycles. The maximum absolute atomic E-state index is 13.2. The number of nitrogens with one attached hydrogen (secondary N) is 2. The Morgan fingerprint density at radius 3 is 2.83 bits per heavy atom. The number of rotatable bonds is 3. The lowest BCUT2D eigenvalue weighted by atomic mass is 9.85. The Morgan fingerprint density at radius 2 is 2.07 bits per heavy atom. The molecular weight excluding hydrogens is 378 g/mol. The first-order valence-electron chi connectivity index (χ1n) is 10.5. The van der Waals surface area contributed by atoms with Crippen LogP contribution < -0.4 is 4.90 Å². The van der Waals surface area contributed by atoms with Crippen LogP contribution in [0, 0.1) is 0 Å². The summed E-state index contributed by atoms with van der Waals surface area (Å²) in [6, 6.07) is 4.31. The summed E-state index contributed by atoms with van der Waals surface area (Å²) >= 11 is 0. The zero-order valence-corrected chi connectivity index (χ0v) is 17.9. The number of likely N-dealkylation sites (N-methyl/N-ethyl adjacent to an activating group) is 1. The lowest BCUT2D eigenvalue weighted by Gasteiger charge is -2.23. The van der Waals surface area contributed by atoms with Gasteiger partial charge in [0, 0.05) is 43.7 Å². The number of benzene rings is 1. The van der Waals surface area contributed by atoms with Crippen molar-refractivity contribution >= 4 is 28.4 Å². The van der Waals surface area contributed by atoms with Crippen LogP contribution >= 0.6 is 0 Å². The van der Waals surface area contributed by atoms with Crippen molar-refractivity contribution in [2.24, 2.45) is 0 Å². The second-order valence-corrected chi connectivity index (χ2v) is 9.04. The minimum absolute atomic E-state index is 0.00268. The molecule has 1 aliphatic carbocycles. The van der Waals surface area contributed by atoms with Crippen molar-refractivity contribution in [3.8, 4) is 11.4 Å². The largest absolute Gasteiger partial charge is 0.353 e. The number of hydrogen-bond acceptors (Lipinski definition) is 3. The average molecular weight is 406 g/mol. The highest BCUT2D eigenvalue weighted by Crippen LogP contribution is 2.45. The quantitative estimate of drug-likeness (QED) is 0.702. The Bertz CT molecular complexity index is 1190. The van der Waals surface area contributed by atoms with E-state index in [1.807, 2.05) is 24.9 Å². The fourth-order valence-electron chi connectivity index (χ4n) is 4.85. The van der Waals surface area contributed by atoms with Crippen LogP contribution in [-0.2, 0) is 27.8 Å². The van der Waals surface area contributed by atoms with E-state index in [0.29, 0.717) is 13.1 Å². The summed E-state index contributed by atoms with van der Waals surface area (Å²) in [6.07, 6.45) is 4.99. The zero-order valence-electron chi connectivity index (χ0n) is 17.9. The van der Waals surface area contributed by atoms with E-state index >= 15 is 0 Å². The molecule has 0 radical (unpaired) electrons. The average Bonchev–Trinajstić information content (AvgIpc) is 3.32. The van der Waals surface area contributed by atoms with Crippen LogP contribution in [0.1, 0.15) is 43.9 Å². The van der Waals surface area contributed by atoms with Gasteiger partial charge in [0.1, 0.15) is 0 Å². The minimum atomic E-state index is -0.597. The van der Waals surface area contributed by atoms with Crippen LogP contribution in [0.3, 0.4) is 0 Å². The van der Waals surface area contributed by atoms with Crippen molar-refractivity contribution in [1.82, 2.24) is 20.1 Å². The molecule has 0 bridgehead atoms. The van der Waals surface area contributed by atoms with Gasteiger partial charge in [-0.2, -0.15) is 5.10 Å². The third kappa shape index (κ3) is 2.61. The number of nitrogens with zero attached hydrogens (tertiary/aromatic N) is 3. The summed E-state index contributed by atoms with van der Waals surface area (Å²) in [5.41, 5.74) is 7.19. The van der Waals surface area contributed by atoms with Gasteiger partial charge in [-0.25, -0.2) is 0 Å². The molecule has 0 fully saturated rings. The molecule has 0 unspecified atom stereocenters. The molecule has 1 aliphatic heterocycles. The van der Waals surface area contributed by atoms with Crippen molar-refractivity contribution in [3.05, 3.63) is 35.0 Å². The van der Waals surface area contributed by atoms with Crippen molar-refractivity contribution in [2.75, 3.05) is 25.0 Å². The molecule has 2 aliphatic rings. The van der Waals surface area contributed by atoms with Crippen LogP contribution in [0.25, 0.3) is 22.3 Å². The smallest absolute Gasteiger partial charge is 0.237 e. The standard InChI is InChI=1S/C23H27N5O2/c1-13(29)27(4)8-9-28-19-10-16-15-7-5-6-14-12-24-26-20(14)21(15)25-18(16)11-17(19)23(2,3)22(28)30/h10-12,25H,5-9H2,1-4H3,(H,24,26). The molecule has 7 nitrogen and oxygen atoms in total. The molecule has 0 saturated carbocycles. The lowest BCUT2D eigenvalue weighted by Crippen LogP contribution is -2.41. The van der Waals surface area contributed by atoms with Gasteiger partial charge in [-0.1, -0.05) is 0 Å². The fourth-order valence-corrected chi connectivity index (χ4v) is 4.85. The van der Waals surface area contributed by atoms with Crippen molar-refractivity contribution in [2.45, 2.75) is 45.4 Å².